The van der Waals surface area contributed by atoms with Crippen LogP contribution in [-0.2, 0) is 9.53 Å². The molecule has 1 amide bonds. The van der Waals surface area contributed by atoms with Crippen LogP contribution in [0.15, 0.2) is 30.5 Å². The number of aromatic nitrogens is 1. The minimum absolute atomic E-state index is 0.0867. The molecule has 1 N–H and O–H groups in total. The summed E-state index contributed by atoms with van der Waals surface area (Å²) in [5.41, 5.74) is -0.481. The maximum atomic E-state index is 12.4. The summed E-state index contributed by atoms with van der Waals surface area (Å²) in [4.78, 5) is 38.0. The number of carbonyl (C=O) groups is 2. The van der Waals surface area contributed by atoms with E-state index in [9.17, 15) is 19.7 Å². The first-order valence-electron chi connectivity index (χ1n) is 7.51. The first-order chi connectivity index (χ1) is 12.2. The van der Waals surface area contributed by atoms with Crippen LogP contribution in [0.25, 0.3) is 0 Å². The van der Waals surface area contributed by atoms with E-state index in [1.807, 2.05) is 0 Å². The third-order valence-electron chi connectivity index (χ3n) is 2.79. The number of nitro groups is 1. The Morgan fingerprint density at radius 3 is 2.62 bits per heavy atom. The lowest BCUT2D eigenvalue weighted by atomic mass is 10.2. The van der Waals surface area contributed by atoms with Gasteiger partial charge >= 0.3 is 11.0 Å². The number of esters is 1. The number of benzene rings is 1. The molecule has 2 aromatic rings. The van der Waals surface area contributed by atoms with E-state index in [1.165, 1.54) is 12.1 Å². The van der Waals surface area contributed by atoms with Crippen molar-refractivity contribution < 1.29 is 24.0 Å². The number of amides is 1. The molecule has 0 atom stereocenters. The van der Waals surface area contributed by atoms with Gasteiger partial charge < -0.3 is 9.47 Å². The molecule has 138 valence electrons. The number of carbonyl (C=O) groups excluding carboxylic acids is 2. The number of hydrogen-bond acceptors (Lipinski definition) is 8. The van der Waals surface area contributed by atoms with Crippen LogP contribution in [0.4, 0.5) is 10.1 Å². The molecular weight excluding hydrogens is 362 g/mol. The van der Waals surface area contributed by atoms with Gasteiger partial charge in [0.05, 0.1) is 10.5 Å². The molecule has 0 aliphatic heterocycles. The quantitative estimate of drug-likeness (QED) is 0.465. The minimum Gasteiger partial charge on any atom is -0.481 e. The molecule has 1 heterocycles. The Bertz CT molecular complexity index is 827. The SMILES string of the molecule is CC(C)(C)OC(=O)COc1ccccc1C(=O)Nc1ncc([N+](=O)[O-])s1. The third-order valence-corrected chi connectivity index (χ3v) is 3.66. The molecule has 9 nitrogen and oxygen atoms in total. The van der Waals surface area contributed by atoms with Gasteiger partial charge in [-0.2, -0.15) is 0 Å². The second kappa shape index (κ2) is 7.91. The highest BCUT2D eigenvalue weighted by Crippen LogP contribution is 2.26. The van der Waals surface area contributed by atoms with Crippen molar-refractivity contribution in [2.75, 3.05) is 11.9 Å². The number of thiazole rings is 1. The molecule has 0 unspecified atom stereocenters. The molecule has 2 rings (SSSR count). The van der Waals surface area contributed by atoms with Crippen molar-refractivity contribution in [3.63, 3.8) is 0 Å². The molecule has 0 saturated carbocycles. The molecule has 10 heteroatoms. The van der Waals surface area contributed by atoms with E-state index in [0.717, 1.165) is 17.5 Å². The Labute approximate surface area is 153 Å². The topological polar surface area (TPSA) is 121 Å². The Hall–Kier alpha value is -3.01. The van der Waals surface area contributed by atoms with Gasteiger partial charge in [0.2, 0.25) is 0 Å². The van der Waals surface area contributed by atoms with Crippen molar-refractivity contribution in [2.45, 2.75) is 26.4 Å². The second-order valence-corrected chi connectivity index (χ2v) is 7.10. The first kappa shape index (κ1) is 19.3. The lowest BCUT2D eigenvalue weighted by Gasteiger charge is -2.19. The highest BCUT2D eigenvalue weighted by Gasteiger charge is 2.19. The predicted octanol–water partition coefficient (Wildman–Crippen LogP) is 3.02. The Balaban J connectivity index is 2.06. The third kappa shape index (κ3) is 5.52. The normalized spacial score (nSPS) is 10.9. The van der Waals surface area contributed by atoms with Crippen molar-refractivity contribution in [1.29, 1.82) is 0 Å². The maximum absolute atomic E-state index is 12.4. The van der Waals surface area contributed by atoms with E-state index in [2.05, 4.69) is 10.3 Å². The zero-order chi connectivity index (χ0) is 19.3. The van der Waals surface area contributed by atoms with E-state index in [4.69, 9.17) is 9.47 Å². The zero-order valence-corrected chi connectivity index (χ0v) is 15.2. The van der Waals surface area contributed by atoms with Gasteiger partial charge in [0.15, 0.2) is 11.7 Å². The standard InChI is InChI=1S/C16H17N3O6S/c1-16(2,3)25-13(20)9-24-11-7-5-4-6-10(11)14(21)18-15-17-8-12(26-15)19(22)23/h4-8H,9H2,1-3H3,(H,17,18,21). The molecule has 0 saturated heterocycles. The van der Waals surface area contributed by atoms with Gasteiger partial charge in [-0.25, -0.2) is 9.78 Å². The van der Waals surface area contributed by atoms with Gasteiger partial charge in [0.1, 0.15) is 17.5 Å². The minimum atomic E-state index is -0.642. The highest BCUT2D eigenvalue weighted by atomic mass is 32.1. The average Bonchev–Trinajstić information content (AvgIpc) is 3.00. The molecule has 0 aliphatic rings. The van der Waals surface area contributed by atoms with Gasteiger partial charge in [0, 0.05) is 0 Å². The number of rotatable bonds is 6. The smallest absolute Gasteiger partial charge is 0.345 e. The van der Waals surface area contributed by atoms with Crippen LogP contribution in [0.3, 0.4) is 0 Å². The van der Waals surface area contributed by atoms with Gasteiger partial charge in [-0.3, -0.25) is 20.2 Å². The Kier molecular flexibility index (Phi) is 5.88. The largest absolute Gasteiger partial charge is 0.481 e. The van der Waals surface area contributed by atoms with Crippen LogP contribution in [0, 0.1) is 10.1 Å². The summed E-state index contributed by atoms with van der Waals surface area (Å²) in [6.07, 6.45) is 1.06. The summed E-state index contributed by atoms with van der Waals surface area (Å²) in [5, 5.41) is 13.0. The molecular formula is C16H17N3O6S. The predicted molar refractivity (Wildman–Crippen MR) is 94.5 cm³/mol. The lowest BCUT2D eigenvalue weighted by Crippen LogP contribution is -2.27. The Morgan fingerprint density at radius 1 is 1.31 bits per heavy atom. The van der Waals surface area contributed by atoms with Crippen LogP contribution < -0.4 is 10.1 Å². The molecule has 1 aromatic heterocycles. The summed E-state index contributed by atoms with van der Waals surface area (Å²) < 4.78 is 10.5. The van der Waals surface area contributed by atoms with Crippen molar-refractivity contribution in [2.24, 2.45) is 0 Å². The fourth-order valence-electron chi connectivity index (χ4n) is 1.86. The van der Waals surface area contributed by atoms with E-state index < -0.39 is 22.4 Å². The second-order valence-electron chi connectivity index (χ2n) is 6.09. The number of nitrogens with one attached hydrogen (secondary N) is 1. The summed E-state index contributed by atoms with van der Waals surface area (Å²) >= 11 is 0.737. The Morgan fingerprint density at radius 2 is 2.00 bits per heavy atom. The average molecular weight is 379 g/mol. The van der Waals surface area contributed by atoms with E-state index >= 15 is 0 Å². The molecule has 0 aliphatic carbocycles. The van der Waals surface area contributed by atoms with E-state index in [-0.39, 0.29) is 28.1 Å². The monoisotopic (exact) mass is 379 g/mol. The molecule has 0 spiro atoms. The molecule has 0 fully saturated rings. The first-order valence-corrected chi connectivity index (χ1v) is 8.32. The number of ether oxygens (including phenoxy) is 2. The van der Waals surface area contributed by atoms with Crippen molar-refractivity contribution in [1.82, 2.24) is 4.98 Å². The molecule has 26 heavy (non-hydrogen) atoms. The number of nitrogens with zero attached hydrogens (tertiary/aromatic N) is 2. The number of hydrogen-bond donors (Lipinski definition) is 1. The molecule has 1 aromatic carbocycles. The van der Waals surface area contributed by atoms with Crippen LogP contribution in [0.1, 0.15) is 31.1 Å². The summed E-state index contributed by atoms with van der Waals surface area (Å²) in [5.74, 6) is -0.945. The summed E-state index contributed by atoms with van der Waals surface area (Å²) in [7, 11) is 0. The van der Waals surface area contributed by atoms with Crippen LogP contribution >= 0.6 is 11.3 Å². The lowest BCUT2D eigenvalue weighted by molar-refractivity contribution is -0.380. The highest BCUT2D eigenvalue weighted by molar-refractivity contribution is 7.18. The number of para-hydroxylation sites is 1. The van der Waals surface area contributed by atoms with Gasteiger partial charge in [-0.05, 0) is 44.2 Å². The summed E-state index contributed by atoms with van der Waals surface area (Å²) in [6, 6.07) is 6.31. The van der Waals surface area contributed by atoms with Crippen LogP contribution in [0.5, 0.6) is 5.75 Å². The fraction of sp³-hybridized carbons (Fsp3) is 0.312. The molecule has 0 bridgehead atoms. The van der Waals surface area contributed by atoms with Crippen molar-refractivity contribution in [3.05, 3.63) is 46.1 Å². The zero-order valence-electron chi connectivity index (χ0n) is 14.3. The summed E-state index contributed by atoms with van der Waals surface area (Å²) in [6.45, 7) is 4.85. The van der Waals surface area contributed by atoms with Gasteiger partial charge in [-0.15, -0.1) is 0 Å². The van der Waals surface area contributed by atoms with Crippen LogP contribution in [0.2, 0.25) is 0 Å². The maximum Gasteiger partial charge on any atom is 0.345 e. The number of anilines is 1. The van der Waals surface area contributed by atoms with Gasteiger partial charge in [0.25, 0.3) is 5.91 Å². The fourth-order valence-corrected chi connectivity index (χ4v) is 2.49. The van der Waals surface area contributed by atoms with Crippen molar-refractivity contribution >= 4 is 33.3 Å². The van der Waals surface area contributed by atoms with Crippen LogP contribution in [-0.4, -0.2) is 34.0 Å². The van der Waals surface area contributed by atoms with E-state index in [0.29, 0.717) is 0 Å². The van der Waals surface area contributed by atoms with Gasteiger partial charge in [-0.1, -0.05) is 12.1 Å². The van der Waals surface area contributed by atoms with E-state index in [1.54, 1.807) is 32.9 Å². The van der Waals surface area contributed by atoms with Crippen molar-refractivity contribution in [3.8, 4) is 5.75 Å². The molecule has 0 radical (unpaired) electrons.